The Bertz CT molecular complexity index is 1120. The van der Waals surface area contributed by atoms with Crippen molar-refractivity contribution in [1.82, 2.24) is 20.5 Å². The monoisotopic (exact) mass is 619 g/mol. The van der Waals surface area contributed by atoms with Crippen molar-refractivity contribution >= 4 is 23.2 Å². The molecular weight excluding hydrogens is 570 g/mol. The van der Waals surface area contributed by atoms with Gasteiger partial charge in [0.25, 0.3) is 0 Å². The first-order valence-corrected chi connectivity index (χ1v) is 15.9. The summed E-state index contributed by atoms with van der Waals surface area (Å²) < 4.78 is 16.2. The Labute approximate surface area is 259 Å². The average Bonchev–Trinajstić information content (AvgIpc) is 3.56. The molecule has 2 aromatic rings. The fraction of sp³-hybridized carbons (Fsp3) is 0.645. The summed E-state index contributed by atoms with van der Waals surface area (Å²) in [5.41, 5.74) is 10.1. The van der Waals surface area contributed by atoms with Gasteiger partial charge in [-0.1, -0.05) is 45.0 Å². The van der Waals surface area contributed by atoms with Crippen LogP contribution in [-0.4, -0.2) is 104 Å². The normalized spacial score (nSPS) is 18.1. The van der Waals surface area contributed by atoms with E-state index in [2.05, 4.69) is 36.4 Å². The predicted molar refractivity (Wildman–Crippen MR) is 168 cm³/mol. The second-order valence-electron chi connectivity index (χ2n) is 11.9. The molecule has 1 fully saturated rings. The third kappa shape index (κ3) is 11.9. The summed E-state index contributed by atoms with van der Waals surface area (Å²) in [6.07, 6.45) is -0.0214. The summed E-state index contributed by atoms with van der Waals surface area (Å²) in [5, 5.41) is 16.6. The summed E-state index contributed by atoms with van der Waals surface area (Å²) in [7, 11) is 0. The van der Waals surface area contributed by atoms with Crippen LogP contribution in [0.4, 0.5) is 0 Å². The van der Waals surface area contributed by atoms with Crippen LogP contribution >= 0.6 is 11.3 Å². The van der Waals surface area contributed by atoms with Crippen LogP contribution in [0.5, 0.6) is 0 Å². The van der Waals surface area contributed by atoms with Crippen molar-refractivity contribution in [2.75, 3.05) is 59.3 Å². The van der Waals surface area contributed by atoms with E-state index in [1.165, 1.54) is 0 Å². The lowest BCUT2D eigenvalue weighted by molar-refractivity contribution is -0.126. The molecule has 0 spiro atoms. The van der Waals surface area contributed by atoms with Gasteiger partial charge in [0.15, 0.2) is 0 Å². The van der Waals surface area contributed by atoms with Crippen LogP contribution in [0.1, 0.15) is 44.9 Å². The minimum Gasteiger partial charge on any atom is -0.392 e. The Morgan fingerprint density at radius 1 is 1.09 bits per heavy atom. The number of likely N-dealkylation sites (tertiary alicyclic amines) is 1. The summed E-state index contributed by atoms with van der Waals surface area (Å²) in [4.78, 5) is 33.5. The van der Waals surface area contributed by atoms with Gasteiger partial charge in [-0.3, -0.25) is 14.5 Å². The molecule has 12 heteroatoms. The number of carbonyl (C=O) groups excluding carboxylic acids is 2. The van der Waals surface area contributed by atoms with Crippen LogP contribution in [0, 0.1) is 12.3 Å². The van der Waals surface area contributed by atoms with Gasteiger partial charge < -0.3 is 35.7 Å². The number of nitrogens with zero attached hydrogens (tertiary/aromatic N) is 2. The first-order chi connectivity index (χ1) is 20.6. The van der Waals surface area contributed by atoms with E-state index in [4.69, 9.17) is 19.9 Å². The average molecular weight is 620 g/mol. The smallest absolute Gasteiger partial charge is 0.237 e. The van der Waals surface area contributed by atoms with Crippen LogP contribution < -0.4 is 16.4 Å². The van der Waals surface area contributed by atoms with Gasteiger partial charge in [0.1, 0.15) is 0 Å². The van der Waals surface area contributed by atoms with Crippen molar-refractivity contribution in [2.24, 2.45) is 11.1 Å². The van der Waals surface area contributed by atoms with E-state index in [9.17, 15) is 14.7 Å². The van der Waals surface area contributed by atoms with E-state index in [0.717, 1.165) is 21.7 Å². The number of aliphatic hydroxyl groups excluding tert-OH is 1. The van der Waals surface area contributed by atoms with Crippen LogP contribution in [0.15, 0.2) is 29.8 Å². The number of hydrogen-bond donors (Lipinski definition) is 4. The van der Waals surface area contributed by atoms with E-state index in [0.29, 0.717) is 65.6 Å². The molecule has 3 rings (SSSR count). The van der Waals surface area contributed by atoms with Gasteiger partial charge in [0.2, 0.25) is 11.8 Å². The molecule has 2 amide bonds. The quantitative estimate of drug-likeness (QED) is 0.184. The number of hydrogen-bond acceptors (Lipinski definition) is 10. The molecule has 0 aliphatic carbocycles. The number of nitrogens with two attached hydrogens (primary N) is 1. The number of carbonyl (C=O) groups is 2. The second kappa shape index (κ2) is 17.7. The molecule has 0 unspecified atom stereocenters. The van der Waals surface area contributed by atoms with Gasteiger partial charge in [-0.2, -0.15) is 0 Å². The van der Waals surface area contributed by atoms with Crippen LogP contribution in [-0.2, 0) is 30.3 Å². The fourth-order valence-corrected chi connectivity index (χ4v) is 5.65. The zero-order valence-electron chi connectivity index (χ0n) is 26.0. The zero-order valence-corrected chi connectivity index (χ0v) is 26.8. The maximum absolute atomic E-state index is 13.2. The Hall–Kier alpha value is -2.45. The van der Waals surface area contributed by atoms with E-state index in [-0.39, 0.29) is 36.3 Å². The summed E-state index contributed by atoms with van der Waals surface area (Å²) in [6, 6.07) is 7.42. The Balaban J connectivity index is 1.44. The number of amides is 2. The summed E-state index contributed by atoms with van der Waals surface area (Å²) >= 11 is 1.61. The minimum absolute atomic E-state index is 0.117. The molecule has 1 aromatic carbocycles. The summed E-state index contributed by atoms with van der Waals surface area (Å²) in [6.45, 7) is 12.5. The molecule has 1 aliphatic rings. The number of aryl methyl sites for hydroxylation is 1. The molecule has 0 saturated carbocycles. The number of ether oxygens (including phenoxy) is 3. The van der Waals surface area contributed by atoms with E-state index in [1.54, 1.807) is 11.3 Å². The van der Waals surface area contributed by atoms with Crippen molar-refractivity contribution in [3.05, 3.63) is 41.0 Å². The van der Waals surface area contributed by atoms with Gasteiger partial charge in [-0.05, 0) is 29.9 Å². The number of β-amino-alcohol motifs (C(OH)–C–C–N with tert-alkyl or cyclic N) is 1. The molecule has 2 heterocycles. The standard InChI is InChI=1S/C31H49N5O6S/c1-22-29(43-21-34-22)24-7-5-23(6-8-24)18-33-30(39)26-17-25(37)19-36(26)20-27(31(2,3)4)35-28(38)9-11-40-13-15-42-16-14-41-12-10-32/h5-8,21,25-27,37H,9-20,32H2,1-4H3,(H,33,39)(H,35,38)/t25-,26+,27-/m1/s1. The molecule has 240 valence electrons. The van der Waals surface area contributed by atoms with Crippen LogP contribution in [0.25, 0.3) is 10.4 Å². The van der Waals surface area contributed by atoms with Crippen molar-refractivity contribution in [2.45, 2.75) is 65.3 Å². The largest absolute Gasteiger partial charge is 0.392 e. The minimum atomic E-state index is -0.600. The first-order valence-electron chi connectivity index (χ1n) is 15.0. The number of rotatable bonds is 18. The lowest BCUT2D eigenvalue weighted by Crippen LogP contribution is -2.54. The van der Waals surface area contributed by atoms with Crippen molar-refractivity contribution in [1.29, 1.82) is 0 Å². The van der Waals surface area contributed by atoms with Crippen LogP contribution in [0.3, 0.4) is 0 Å². The lowest BCUT2D eigenvalue weighted by Gasteiger charge is -2.36. The highest BCUT2D eigenvalue weighted by Gasteiger charge is 2.39. The van der Waals surface area contributed by atoms with E-state index < -0.39 is 12.1 Å². The summed E-state index contributed by atoms with van der Waals surface area (Å²) in [5.74, 6) is -0.242. The fourth-order valence-electron chi connectivity index (χ4n) is 4.84. The van der Waals surface area contributed by atoms with Crippen LogP contribution in [0.2, 0.25) is 0 Å². The van der Waals surface area contributed by atoms with Gasteiger partial charge in [-0.25, -0.2) is 4.98 Å². The van der Waals surface area contributed by atoms with E-state index >= 15 is 0 Å². The van der Waals surface area contributed by atoms with Gasteiger partial charge in [-0.15, -0.1) is 11.3 Å². The highest BCUT2D eigenvalue weighted by molar-refractivity contribution is 7.13. The molecule has 1 saturated heterocycles. The number of nitrogens with one attached hydrogen (secondary N) is 2. The Morgan fingerprint density at radius 3 is 2.35 bits per heavy atom. The van der Waals surface area contributed by atoms with Gasteiger partial charge >= 0.3 is 0 Å². The van der Waals surface area contributed by atoms with Crippen molar-refractivity contribution < 1.29 is 28.9 Å². The second-order valence-corrected chi connectivity index (χ2v) is 12.8. The lowest BCUT2D eigenvalue weighted by atomic mass is 9.86. The number of benzene rings is 1. The molecule has 43 heavy (non-hydrogen) atoms. The molecule has 5 N–H and O–H groups in total. The molecule has 0 bridgehead atoms. The maximum Gasteiger partial charge on any atom is 0.237 e. The molecule has 3 atom stereocenters. The molecule has 1 aliphatic heterocycles. The highest BCUT2D eigenvalue weighted by Crippen LogP contribution is 2.28. The molecule has 1 aromatic heterocycles. The number of aliphatic hydroxyl groups is 1. The number of aromatic nitrogens is 1. The SMILES string of the molecule is Cc1ncsc1-c1ccc(CNC(=O)[C@@H]2C[C@@H](O)CN2C[C@@H](NC(=O)CCOCCOCCOCCN)C(C)(C)C)cc1. The number of thiazole rings is 1. The van der Waals surface area contributed by atoms with Gasteiger partial charge in [0.05, 0.1) is 67.9 Å². The third-order valence-electron chi connectivity index (χ3n) is 7.39. The van der Waals surface area contributed by atoms with E-state index in [1.807, 2.05) is 41.6 Å². The van der Waals surface area contributed by atoms with Gasteiger partial charge in [0, 0.05) is 38.6 Å². The first kappa shape index (κ1) is 35.0. The topological polar surface area (TPSA) is 148 Å². The molecule has 0 radical (unpaired) electrons. The Morgan fingerprint density at radius 2 is 1.74 bits per heavy atom. The molecular formula is C31H49N5O6S. The van der Waals surface area contributed by atoms with Crippen molar-refractivity contribution in [3.8, 4) is 10.4 Å². The highest BCUT2D eigenvalue weighted by atomic mass is 32.1. The third-order valence-corrected chi connectivity index (χ3v) is 8.37. The Kier molecular flexibility index (Phi) is 14.5. The zero-order chi connectivity index (χ0) is 31.2. The van der Waals surface area contributed by atoms with Crippen molar-refractivity contribution in [3.63, 3.8) is 0 Å². The predicted octanol–water partition coefficient (Wildman–Crippen LogP) is 2.10. The maximum atomic E-state index is 13.2. The molecule has 11 nitrogen and oxygen atoms in total.